The lowest BCUT2D eigenvalue weighted by Crippen LogP contribution is -2.55. The number of aliphatic hydroxyl groups is 1. The quantitative estimate of drug-likeness (QED) is 0.0906. The van der Waals surface area contributed by atoms with Gasteiger partial charge >= 0.3 is 11.9 Å². The molecule has 1 amide bonds. The summed E-state index contributed by atoms with van der Waals surface area (Å²) in [5.74, 6) is -5.03. The minimum absolute atomic E-state index is 0.0151. The molecule has 5 rings (SSSR count). The maximum absolute atomic E-state index is 13.7. The first-order valence-electron chi connectivity index (χ1n) is 16.5. The average molecular weight is 702 g/mol. The molecule has 11 heteroatoms. The van der Waals surface area contributed by atoms with Crippen LogP contribution in [0.5, 0.6) is 0 Å². The normalized spacial score (nSPS) is 16.6. The molecule has 0 saturated carbocycles. The number of β-lactam (4-membered cyclic amide) rings is 1. The highest BCUT2D eigenvalue weighted by Crippen LogP contribution is 2.46. The van der Waals surface area contributed by atoms with Crippen LogP contribution in [-0.2, 0) is 43.5 Å². The number of carboxylic acid groups (broad SMARTS) is 2. The molecule has 0 spiro atoms. The number of hydrogen-bond acceptors (Lipinski definition) is 6. The van der Waals surface area contributed by atoms with E-state index in [9.17, 15) is 32.3 Å². The summed E-state index contributed by atoms with van der Waals surface area (Å²) in [6, 6.07) is 27.6. The number of carboxylic acids is 2. The fourth-order valence-corrected chi connectivity index (χ4v) is 7.08. The van der Waals surface area contributed by atoms with E-state index in [0.29, 0.717) is 37.7 Å². The molecule has 4 aromatic carbocycles. The zero-order valence-electron chi connectivity index (χ0n) is 27.6. The Bertz CT molecular complexity index is 1900. The third-order valence-electron chi connectivity index (χ3n) is 9.36. The Hall–Kier alpha value is -4.87. The van der Waals surface area contributed by atoms with Crippen LogP contribution in [-0.4, -0.2) is 47.8 Å². The lowest BCUT2D eigenvalue weighted by molar-refractivity contribution is -0.154. The number of aliphatic carboxylic acids is 2. The zero-order chi connectivity index (χ0) is 36.0. The number of rotatable bonds is 16. The first-order valence-corrected chi connectivity index (χ1v) is 18.4. The first-order chi connectivity index (χ1) is 23.8. The lowest BCUT2D eigenvalue weighted by Gasteiger charge is -2.48. The first kappa shape index (κ1) is 36.4. The zero-order valence-corrected chi connectivity index (χ0v) is 28.4. The number of hydrogen-bond donors (Lipinski definition) is 3. The summed E-state index contributed by atoms with van der Waals surface area (Å²) in [6.07, 6.45) is 3.38. The van der Waals surface area contributed by atoms with Crippen LogP contribution in [0.15, 0.2) is 102 Å². The van der Waals surface area contributed by atoms with Crippen molar-refractivity contribution in [1.82, 2.24) is 0 Å². The number of aryl methyl sites for hydroxylation is 3. The molecule has 1 saturated heterocycles. The maximum Gasteiger partial charge on any atom is 0.317 e. The smallest absolute Gasteiger partial charge is 0.317 e. The van der Waals surface area contributed by atoms with Crippen molar-refractivity contribution in [1.29, 1.82) is 0 Å². The van der Waals surface area contributed by atoms with Gasteiger partial charge in [-0.25, -0.2) is 12.8 Å². The van der Waals surface area contributed by atoms with Gasteiger partial charge in [-0.3, -0.25) is 14.4 Å². The van der Waals surface area contributed by atoms with Crippen LogP contribution in [0.4, 0.5) is 10.1 Å². The predicted molar refractivity (Wildman–Crippen MR) is 186 cm³/mol. The fourth-order valence-electron chi connectivity index (χ4n) is 6.45. The van der Waals surface area contributed by atoms with E-state index in [2.05, 4.69) is 0 Å². The van der Waals surface area contributed by atoms with Gasteiger partial charge in [0.2, 0.25) is 5.91 Å². The van der Waals surface area contributed by atoms with Gasteiger partial charge in [-0.15, -0.1) is 0 Å². The fraction of sp³-hybridized carbons (Fsp3) is 0.308. The molecule has 1 aliphatic heterocycles. The number of aliphatic hydroxyl groups excluding tert-OH is 1. The van der Waals surface area contributed by atoms with Gasteiger partial charge in [-0.2, -0.15) is 0 Å². The molecule has 0 aliphatic carbocycles. The molecule has 0 aromatic heterocycles. The van der Waals surface area contributed by atoms with E-state index < -0.39 is 45.5 Å². The number of nitrogens with zero attached hydrogens (tertiary/aromatic N) is 1. The van der Waals surface area contributed by atoms with Crippen molar-refractivity contribution in [2.75, 3.05) is 11.2 Å². The van der Waals surface area contributed by atoms with Crippen LogP contribution >= 0.6 is 0 Å². The van der Waals surface area contributed by atoms with E-state index in [4.69, 9.17) is 10.2 Å². The van der Waals surface area contributed by atoms with Gasteiger partial charge in [-0.05, 0) is 109 Å². The second-order valence-corrected chi connectivity index (χ2v) is 14.9. The number of carbonyl (C=O) groups is 3. The van der Waals surface area contributed by atoms with Crippen molar-refractivity contribution in [2.24, 2.45) is 11.8 Å². The van der Waals surface area contributed by atoms with Crippen molar-refractivity contribution in [3.8, 4) is 0 Å². The van der Waals surface area contributed by atoms with E-state index in [1.54, 1.807) is 17.0 Å². The van der Waals surface area contributed by atoms with E-state index in [0.717, 1.165) is 34.4 Å². The molecular formula is C39H40FNO8S. The molecule has 0 radical (unpaired) electrons. The number of halogens is 1. The molecule has 3 atom stereocenters. The SMILES string of the molecule is CS(=O)(=O)c1ccc(CCc2ccc(N3C(=O)[C@H](CC[C@H](O)c4ccc(F)cc4)[C@H]3c3ccc(CCCC(C(=O)O)C(=O)O)cc3)cc2)cc1. The molecule has 50 heavy (non-hydrogen) atoms. The van der Waals surface area contributed by atoms with Crippen LogP contribution in [0.3, 0.4) is 0 Å². The molecule has 0 unspecified atom stereocenters. The number of carbonyl (C=O) groups excluding carboxylic acids is 1. The van der Waals surface area contributed by atoms with Crippen LogP contribution in [0.1, 0.15) is 65.6 Å². The molecular weight excluding hydrogens is 661 g/mol. The second kappa shape index (κ2) is 15.8. The Morgan fingerprint density at radius 1 is 0.760 bits per heavy atom. The van der Waals surface area contributed by atoms with Gasteiger partial charge in [0.1, 0.15) is 5.82 Å². The van der Waals surface area contributed by atoms with E-state index in [-0.39, 0.29) is 23.3 Å². The van der Waals surface area contributed by atoms with E-state index in [1.165, 1.54) is 30.5 Å². The Labute approximate surface area is 290 Å². The van der Waals surface area contributed by atoms with Crippen LogP contribution < -0.4 is 4.90 Å². The summed E-state index contributed by atoms with van der Waals surface area (Å²) in [5.41, 5.74) is 5.18. The lowest BCUT2D eigenvalue weighted by atomic mass is 9.78. The molecule has 0 bridgehead atoms. The molecule has 1 heterocycles. The highest BCUT2D eigenvalue weighted by atomic mass is 32.2. The molecule has 1 aliphatic rings. The molecule has 9 nitrogen and oxygen atoms in total. The van der Waals surface area contributed by atoms with Crippen LogP contribution in [0.2, 0.25) is 0 Å². The van der Waals surface area contributed by atoms with Crippen molar-refractivity contribution < 1.29 is 42.5 Å². The standard InChI is InChI=1S/C39H40FNO8S/c1-50(48,49)32-21-11-27(12-22-32)6-5-26-9-19-31(20-10-26)41-36(33(37(41)43)23-24-35(42)28-15-17-30(40)18-16-28)29-13-7-25(8-14-29)3-2-4-34(38(44)45)39(46)47/h7-22,33-36,42H,2-6,23-24H2,1H3,(H,44,45)(H,46,47)/t33-,35+,36-/m1/s1. The monoisotopic (exact) mass is 701 g/mol. The summed E-state index contributed by atoms with van der Waals surface area (Å²) in [7, 11) is -3.26. The van der Waals surface area contributed by atoms with Gasteiger partial charge in [0.25, 0.3) is 0 Å². The van der Waals surface area contributed by atoms with Crippen LogP contribution in [0.25, 0.3) is 0 Å². The van der Waals surface area contributed by atoms with Crippen molar-refractivity contribution in [3.63, 3.8) is 0 Å². The Morgan fingerprint density at radius 2 is 1.28 bits per heavy atom. The van der Waals surface area contributed by atoms with Gasteiger partial charge < -0.3 is 20.2 Å². The van der Waals surface area contributed by atoms with Gasteiger partial charge in [0.15, 0.2) is 15.8 Å². The third kappa shape index (κ3) is 8.83. The molecule has 4 aromatic rings. The van der Waals surface area contributed by atoms with Crippen molar-refractivity contribution in [3.05, 3.63) is 131 Å². The minimum atomic E-state index is -3.26. The second-order valence-electron chi connectivity index (χ2n) is 12.8. The number of anilines is 1. The maximum atomic E-state index is 13.7. The summed E-state index contributed by atoms with van der Waals surface area (Å²) in [6.45, 7) is 0. The van der Waals surface area contributed by atoms with Crippen molar-refractivity contribution >= 4 is 33.4 Å². The summed E-state index contributed by atoms with van der Waals surface area (Å²) >= 11 is 0. The largest absolute Gasteiger partial charge is 0.481 e. The Kier molecular flexibility index (Phi) is 11.5. The van der Waals surface area contributed by atoms with Crippen LogP contribution in [0, 0.1) is 17.7 Å². The highest BCUT2D eigenvalue weighted by molar-refractivity contribution is 7.90. The van der Waals surface area contributed by atoms with E-state index >= 15 is 0 Å². The Morgan fingerprint density at radius 3 is 1.82 bits per heavy atom. The topological polar surface area (TPSA) is 149 Å². The number of sulfone groups is 1. The van der Waals surface area contributed by atoms with Gasteiger partial charge in [-0.1, -0.05) is 60.7 Å². The third-order valence-corrected chi connectivity index (χ3v) is 10.5. The summed E-state index contributed by atoms with van der Waals surface area (Å²) < 4.78 is 36.9. The average Bonchev–Trinajstić information content (AvgIpc) is 3.08. The van der Waals surface area contributed by atoms with Crippen molar-refractivity contribution in [2.45, 2.75) is 62.0 Å². The Balaban J connectivity index is 1.29. The van der Waals surface area contributed by atoms with E-state index in [1.807, 2.05) is 60.7 Å². The molecule has 1 fully saturated rings. The molecule has 3 N–H and O–H groups in total. The number of benzene rings is 4. The summed E-state index contributed by atoms with van der Waals surface area (Å²) in [4.78, 5) is 38.2. The van der Waals surface area contributed by atoms with Gasteiger partial charge in [0.05, 0.1) is 23.0 Å². The highest BCUT2D eigenvalue weighted by Gasteiger charge is 2.48. The molecule has 262 valence electrons. The number of amides is 1. The predicted octanol–water partition coefficient (Wildman–Crippen LogP) is 6.34. The van der Waals surface area contributed by atoms with Gasteiger partial charge in [0, 0.05) is 11.9 Å². The minimum Gasteiger partial charge on any atom is -0.481 e. The summed E-state index contributed by atoms with van der Waals surface area (Å²) in [5, 5.41) is 29.1.